The van der Waals surface area contributed by atoms with E-state index in [1.807, 2.05) is 58.8 Å². The third kappa shape index (κ3) is 6.06. The zero-order valence-electron chi connectivity index (χ0n) is 22.4. The number of hydrogen-bond donors (Lipinski definition) is 2. The fourth-order valence-electron chi connectivity index (χ4n) is 5.23. The van der Waals surface area contributed by atoms with Gasteiger partial charge in [0.25, 0.3) is 5.91 Å². The summed E-state index contributed by atoms with van der Waals surface area (Å²) in [4.78, 5) is 57.7. The van der Waals surface area contributed by atoms with Crippen LogP contribution in [0, 0.1) is 11.8 Å². The molecule has 0 aliphatic carbocycles. The third-order valence-electron chi connectivity index (χ3n) is 6.99. The molecular weight excluding hydrogens is 458 g/mol. The molecule has 36 heavy (non-hydrogen) atoms. The second kappa shape index (κ2) is 11.4. The van der Waals surface area contributed by atoms with Gasteiger partial charge in [-0.15, -0.1) is 0 Å². The largest absolute Gasteiger partial charge is 0.378 e. The maximum absolute atomic E-state index is 13.7. The number of Topliss-reactive ketones (excluding diaryl/α,β-unsaturated/α-hetero) is 1. The summed E-state index contributed by atoms with van der Waals surface area (Å²) >= 11 is 0. The number of likely N-dealkylation sites (tertiary alicyclic amines) is 2. The van der Waals surface area contributed by atoms with Crippen molar-refractivity contribution in [3.63, 3.8) is 0 Å². The molecule has 0 bridgehead atoms. The van der Waals surface area contributed by atoms with E-state index in [1.54, 1.807) is 21.9 Å². The van der Waals surface area contributed by atoms with E-state index in [-0.39, 0.29) is 47.9 Å². The quantitative estimate of drug-likeness (QED) is 0.534. The lowest BCUT2D eigenvalue weighted by molar-refractivity contribution is -0.138. The molecule has 198 valence electrons. The number of anilines is 1. The summed E-state index contributed by atoms with van der Waals surface area (Å²) in [6, 6.07) is 4.71. The normalized spacial score (nSPS) is 21.1. The molecule has 9 nitrogen and oxygen atoms in total. The molecule has 2 aliphatic rings. The number of amides is 3. The second-order valence-corrected chi connectivity index (χ2v) is 11.1. The molecule has 1 unspecified atom stereocenters. The Labute approximate surface area is 214 Å². The Morgan fingerprint density at radius 2 is 1.61 bits per heavy atom. The maximum Gasteiger partial charge on any atom is 0.251 e. The van der Waals surface area contributed by atoms with Gasteiger partial charge in [0, 0.05) is 31.9 Å². The van der Waals surface area contributed by atoms with Gasteiger partial charge in [0.2, 0.25) is 11.8 Å². The van der Waals surface area contributed by atoms with E-state index in [4.69, 9.17) is 5.73 Å². The molecule has 2 fully saturated rings. The van der Waals surface area contributed by atoms with Crippen LogP contribution in [0.4, 0.5) is 5.69 Å². The summed E-state index contributed by atoms with van der Waals surface area (Å²) in [5.74, 6) is -0.566. The number of rotatable bonds is 9. The summed E-state index contributed by atoms with van der Waals surface area (Å²) in [5, 5.41) is 2.90. The SMILES string of the molecule is CC(C)C[C@H](NC(=O)c1ccc(N(C)C)cc1)C(=O)N1CCC2[C@H]1C(=O)CN2C(=O)[C@@H](N)CC(C)C. The highest BCUT2D eigenvalue weighted by molar-refractivity contribution is 6.01. The number of nitrogens with two attached hydrogens (primary N) is 1. The first-order valence-electron chi connectivity index (χ1n) is 12.9. The first-order valence-corrected chi connectivity index (χ1v) is 12.9. The molecule has 4 atom stereocenters. The van der Waals surface area contributed by atoms with Gasteiger partial charge < -0.3 is 25.8 Å². The minimum atomic E-state index is -0.759. The molecule has 0 saturated carbocycles. The van der Waals surface area contributed by atoms with E-state index < -0.39 is 18.1 Å². The number of fused-ring (bicyclic) bond motifs is 1. The number of nitrogens with one attached hydrogen (secondary N) is 1. The molecule has 3 rings (SSSR count). The van der Waals surface area contributed by atoms with Gasteiger partial charge in [-0.3, -0.25) is 19.2 Å². The van der Waals surface area contributed by atoms with E-state index >= 15 is 0 Å². The van der Waals surface area contributed by atoms with Crippen LogP contribution < -0.4 is 16.0 Å². The monoisotopic (exact) mass is 499 g/mol. The molecule has 0 aromatic heterocycles. The number of nitrogens with zero attached hydrogens (tertiary/aromatic N) is 3. The first kappa shape index (κ1) is 27.6. The van der Waals surface area contributed by atoms with Crippen molar-refractivity contribution in [2.45, 2.75) is 71.1 Å². The molecule has 3 N–H and O–H groups in total. The fourth-order valence-corrected chi connectivity index (χ4v) is 5.23. The van der Waals surface area contributed by atoms with Crippen LogP contribution in [0.15, 0.2) is 24.3 Å². The van der Waals surface area contributed by atoms with Crippen molar-refractivity contribution in [3.8, 4) is 0 Å². The summed E-state index contributed by atoms with van der Waals surface area (Å²) in [6.07, 6.45) is 1.52. The lowest BCUT2D eigenvalue weighted by Crippen LogP contribution is -2.53. The lowest BCUT2D eigenvalue weighted by Gasteiger charge is -2.29. The number of carbonyl (C=O) groups is 4. The average Bonchev–Trinajstić information content (AvgIpc) is 3.38. The smallest absolute Gasteiger partial charge is 0.251 e. The number of benzene rings is 1. The van der Waals surface area contributed by atoms with Crippen LogP contribution in [0.1, 0.15) is 57.3 Å². The number of hydrogen-bond acceptors (Lipinski definition) is 6. The molecule has 2 heterocycles. The van der Waals surface area contributed by atoms with E-state index in [0.29, 0.717) is 31.4 Å². The summed E-state index contributed by atoms with van der Waals surface area (Å²) < 4.78 is 0. The third-order valence-corrected chi connectivity index (χ3v) is 6.99. The van der Waals surface area contributed by atoms with Crippen molar-refractivity contribution in [2.24, 2.45) is 17.6 Å². The van der Waals surface area contributed by atoms with Crippen molar-refractivity contribution in [1.82, 2.24) is 15.1 Å². The topological polar surface area (TPSA) is 116 Å². The predicted octanol–water partition coefficient (Wildman–Crippen LogP) is 1.65. The van der Waals surface area contributed by atoms with Crippen LogP contribution in [-0.4, -0.2) is 84.7 Å². The van der Waals surface area contributed by atoms with Crippen LogP contribution >= 0.6 is 0 Å². The van der Waals surface area contributed by atoms with Crippen LogP contribution in [0.25, 0.3) is 0 Å². The van der Waals surface area contributed by atoms with Gasteiger partial charge >= 0.3 is 0 Å². The highest BCUT2D eigenvalue weighted by atomic mass is 16.2. The van der Waals surface area contributed by atoms with Crippen LogP contribution in [0.2, 0.25) is 0 Å². The van der Waals surface area contributed by atoms with Crippen LogP contribution in [0.5, 0.6) is 0 Å². The minimum absolute atomic E-state index is 0.0246. The predicted molar refractivity (Wildman–Crippen MR) is 140 cm³/mol. The number of ketones is 1. The van der Waals surface area contributed by atoms with Gasteiger partial charge in [0.1, 0.15) is 12.1 Å². The zero-order chi connectivity index (χ0) is 26.7. The lowest BCUT2D eigenvalue weighted by atomic mass is 10.0. The molecule has 0 spiro atoms. The highest BCUT2D eigenvalue weighted by Gasteiger charge is 2.52. The van der Waals surface area contributed by atoms with E-state index in [0.717, 1.165) is 5.69 Å². The highest BCUT2D eigenvalue weighted by Crippen LogP contribution is 2.31. The summed E-state index contributed by atoms with van der Waals surface area (Å²) in [7, 11) is 3.85. The Balaban J connectivity index is 1.74. The Morgan fingerprint density at radius 3 is 2.17 bits per heavy atom. The van der Waals surface area contributed by atoms with Gasteiger partial charge in [-0.2, -0.15) is 0 Å². The fraction of sp³-hybridized carbons (Fsp3) is 0.630. The Kier molecular flexibility index (Phi) is 8.76. The molecule has 1 aromatic rings. The van der Waals surface area contributed by atoms with Gasteiger partial charge in [-0.25, -0.2) is 0 Å². The maximum atomic E-state index is 13.7. The molecular formula is C27H41N5O4. The van der Waals surface area contributed by atoms with E-state index in [2.05, 4.69) is 5.32 Å². The summed E-state index contributed by atoms with van der Waals surface area (Å²) in [6.45, 7) is 8.32. The molecule has 3 amide bonds. The average molecular weight is 500 g/mol. The van der Waals surface area contributed by atoms with Crippen molar-refractivity contribution in [1.29, 1.82) is 0 Å². The molecule has 2 saturated heterocycles. The van der Waals surface area contributed by atoms with Crippen LogP contribution in [-0.2, 0) is 14.4 Å². The minimum Gasteiger partial charge on any atom is -0.378 e. The molecule has 0 radical (unpaired) electrons. The van der Waals surface area contributed by atoms with Gasteiger partial charge in [-0.05, 0) is 55.4 Å². The molecule has 1 aromatic carbocycles. The Morgan fingerprint density at radius 1 is 1.00 bits per heavy atom. The van der Waals surface area contributed by atoms with Crippen LogP contribution in [0.3, 0.4) is 0 Å². The van der Waals surface area contributed by atoms with E-state index in [1.165, 1.54) is 0 Å². The van der Waals surface area contributed by atoms with Crippen molar-refractivity contribution in [2.75, 3.05) is 32.1 Å². The first-order chi connectivity index (χ1) is 16.9. The number of carbonyl (C=O) groups excluding carboxylic acids is 4. The standard InChI is InChI=1S/C27H41N5O4/c1-16(2)13-20(28)26(35)32-15-23(33)24-22(32)11-12-31(24)27(36)21(14-17(3)4)29-25(34)18-7-9-19(10-8-18)30(5)6/h7-10,16-17,20-22,24H,11-15,28H2,1-6H3,(H,29,34)/t20-,21-,22?,24-/m0/s1. The van der Waals surface area contributed by atoms with Crippen molar-refractivity contribution < 1.29 is 19.2 Å². The Bertz CT molecular complexity index is 975. The van der Waals surface area contributed by atoms with Gasteiger partial charge in [0.05, 0.1) is 18.6 Å². The Hall–Kier alpha value is -2.94. The van der Waals surface area contributed by atoms with E-state index in [9.17, 15) is 19.2 Å². The van der Waals surface area contributed by atoms with Gasteiger partial charge in [0.15, 0.2) is 5.78 Å². The second-order valence-electron chi connectivity index (χ2n) is 11.1. The molecule has 2 aliphatic heterocycles. The zero-order valence-corrected chi connectivity index (χ0v) is 22.4. The summed E-state index contributed by atoms with van der Waals surface area (Å²) in [5.41, 5.74) is 7.56. The van der Waals surface area contributed by atoms with Gasteiger partial charge in [-0.1, -0.05) is 27.7 Å². The van der Waals surface area contributed by atoms with Crippen molar-refractivity contribution in [3.05, 3.63) is 29.8 Å². The van der Waals surface area contributed by atoms with Crippen molar-refractivity contribution >= 4 is 29.2 Å². The molecule has 9 heteroatoms.